The first kappa shape index (κ1) is 30.3. The Hall–Kier alpha value is -3.70. The number of primary amides is 1. The number of aliphatic hydroxyl groups excluding tert-OH is 1. The average Bonchev–Trinajstić information content (AvgIpc) is 2.97. The Bertz CT molecular complexity index is 1330. The van der Waals surface area contributed by atoms with E-state index in [-0.39, 0.29) is 12.2 Å². The molecule has 1 fully saturated rings. The van der Waals surface area contributed by atoms with E-state index < -0.39 is 48.1 Å². The van der Waals surface area contributed by atoms with Gasteiger partial charge in [0.1, 0.15) is 5.69 Å². The Morgan fingerprint density at radius 2 is 1.66 bits per heavy atom. The first-order valence-corrected chi connectivity index (χ1v) is 14.2. The van der Waals surface area contributed by atoms with Crippen LogP contribution < -0.4 is 22.6 Å². The number of ketones is 1. The molecule has 0 bridgehead atoms. The van der Waals surface area contributed by atoms with Gasteiger partial charge in [-0.1, -0.05) is 73.9 Å². The fraction of sp³-hybridized carbons (Fsp3) is 0.419. The third-order valence-corrected chi connectivity index (χ3v) is 7.84. The molecule has 218 valence electrons. The van der Waals surface area contributed by atoms with Gasteiger partial charge >= 0.3 is 0 Å². The summed E-state index contributed by atoms with van der Waals surface area (Å²) >= 11 is 0. The van der Waals surface area contributed by atoms with Gasteiger partial charge in [-0.2, -0.15) is 0 Å². The summed E-state index contributed by atoms with van der Waals surface area (Å²) in [4.78, 5) is 43.7. The average molecular weight is 561 g/mol. The predicted octanol–water partition coefficient (Wildman–Crippen LogP) is 2.21. The second-order valence-corrected chi connectivity index (χ2v) is 11.0. The lowest BCUT2D eigenvalue weighted by Crippen LogP contribution is -2.53. The highest BCUT2D eigenvalue weighted by Crippen LogP contribution is 2.28. The van der Waals surface area contributed by atoms with Crippen molar-refractivity contribution in [1.82, 2.24) is 15.3 Å². The first-order valence-electron chi connectivity index (χ1n) is 14.2. The fourth-order valence-corrected chi connectivity index (χ4v) is 5.70. The molecule has 4 rings (SSSR count). The number of hydrogen-bond acceptors (Lipinski definition) is 8. The minimum absolute atomic E-state index is 0.00307. The molecule has 0 aliphatic heterocycles. The van der Waals surface area contributed by atoms with Gasteiger partial charge in [0.25, 0.3) is 5.91 Å². The number of nitrogens with two attached hydrogens (primary N) is 3. The molecule has 1 saturated carbocycles. The summed E-state index contributed by atoms with van der Waals surface area (Å²) < 4.78 is 0. The molecule has 1 heterocycles. The molecular formula is C31H40N6O4. The maximum atomic E-state index is 14.0. The first-order chi connectivity index (χ1) is 19.7. The van der Waals surface area contributed by atoms with Crippen LogP contribution in [0.15, 0.2) is 66.7 Å². The maximum Gasteiger partial charge on any atom is 0.270 e. The third-order valence-electron chi connectivity index (χ3n) is 7.84. The molecule has 0 saturated heterocycles. The minimum Gasteiger partial charge on any atom is -0.391 e. The summed E-state index contributed by atoms with van der Waals surface area (Å²) in [5.41, 5.74) is 13.4. The van der Waals surface area contributed by atoms with Crippen molar-refractivity contribution in [3.05, 3.63) is 78.0 Å². The lowest BCUT2D eigenvalue weighted by molar-refractivity contribution is -0.132. The van der Waals surface area contributed by atoms with Gasteiger partial charge in [-0.3, -0.25) is 20.2 Å². The Morgan fingerprint density at radius 1 is 0.976 bits per heavy atom. The number of nitrogens with zero attached hydrogens (tertiary/aromatic N) is 2. The van der Waals surface area contributed by atoms with E-state index in [1.807, 2.05) is 24.3 Å². The smallest absolute Gasteiger partial charge is 0.270 e. The van der Waals surface area contributed by atoms with Crippen molar-refractivity contribution in [2.24, 2.45) is 29.1 Å². The number of hydrogen-bond donors (Lipinski definition) is 5. The third kappa shape index (κ3) is 8.17. The van der Waals surface area contributed by atoms with E-state index >= 15 is 0 Å². The Balaban J connectivity index is 1.57. The minimum atomic E-state index is -1.33. The van der Waals surface area contributed by atoms with Crippen LogP contribution in [0.2, 0.25) is 0 Å². The van der Waals surface area contributed by atoms with Crippen LogP contribution >= 0.6 is 0 Å². The van der Waals surface area contributed by atoms with Crippen molar-refractivity contribution in [2.45, 2.75) is 56.7 Å². The van der Waals surface area contributed by atoms with Crippen LogP contribution in [0.3, 0.4) is 0 Å². The molecular weight excluding hydrogens is 520 g/mol. The summed E-state index contributed by atoms with van der Waals surface area (Å²) in [5, 5.41) is 16.4. The molecule has 1 aromatic heterocycles. The summed E-state index contributed by atoms with van der Waals surface area (Å²) in [5.74, 6) is 3.53. The van der Waals surface area contributed by atoms with Crippen LogP contribution in [-0.2, 0) is 9.59 Å². The van der Waals surface area contributed by atoms with E-state index in [2.05, 4.69) is 10.3 Å². The van der Waals surface area contributed by atoms with Crippen molar-refractivity contribution in [3.8, 4) is 0 Å². The monoisotopic (exact) mass is 560 g/mol. The number of carbonyl (C=O) groups is 3. The highest BCUT2D eigenvalue weighted by molar-refractivity contribution is 6.00. The highest BCUT2D eigenvalue weighted by atomic mass is 16.3. The van der Waals surface area contributed by atoms with E-state index in [1.54, 1.807) is 47.5 Å². The summed E-state index contributed by atoms with van der Waals surface area (Å²) in [6.07, 6.45) is 3.95. The molecule has 2 aromatic carbocycles. The van der Waals surface area contributed by atoms with Crippen molar-refractivity contribution >= 4 is 28.5 Å². The van der Waals surface area contributed by atoms with Crippen molar-refractivity contribution in [3.63, 3.8) is 0 Å². The second kappa shape index (κ2) is 14.3. The normalized spacial score (nSPS) is 17.1. The standard InChI is InChI=1S/C31H40N6O4/c32-27(39)17-25(36-31(41)24-16-15-21-11-7-8-14-23(21)35-24)30(40)28(29(33)22-12-5-2-6-13-22)26(38)19-37(34)18-20-9-3-1-4-10-20/h2,5-8,11-16,20,25-26,28-29,38H,1,3-4,9-10,17-19,33-34H2,(H2,32,39)(H,36,41)/t25-,26-,28?,29?/m0/s1. The van der Waals surface area contributed by atoms with Crippen LogP contribution in [0.4, 0.5) is 0 Å². The Kier molecular flexibility index (Phi) is 10.5. The molecule has 4 atom stereocenters. The number of benzene rings is 2. The molecule has 3 aromatic rings. The molecule has 2 amide bonds. The van der Waals surface area contributed by atoms with Crippen molar-refractivity contribution in [1.29, 1.82) is 0 Å². The van der Waals surface area contributed by atoms with Crippen molar-refractivity contribution < 1.29 is 19.5 Å². The number of nitrogens with one attached hydrogen (secondary N) is 1. The van der Waals surface area contributed by atoms with Crippen LogP contribution in [-0.4, -0.2) is 57.9 Å². The fourth-order valence-electron chi connectivity index (χ4n) is 5.70. The molecule has 0 spiro atoms. The molecule has 8 N–H and O–H groups in total. The number of Topliss-reactive ketones (excluding diaryl/α,β-unsaturated/α-hetero) is 1. The quantitative estimate of drug-likeness (QED) is 0.156. The van der Waals surface area contributed by atoms with Crippen molar-refractivity contribution in [2.75, 3.05) is 13.1 Å². The zero-order chi connectivity index (χ0) is 29.4. The predicted molar refractivity (Wildman–Crippen MR) is 157 cm³/mol. The molecule has 1 aliphatic rings. The van der Waals surface area contributed by atoms with Gasteiger partial charge in [-0.25, -0.2) is 9.99 Å². The number of carbonyl (C=O) groups excluding carboxylic acids is 3. The summed E-state index contributed by atoms with van der Waals surface area (Å²) in [6, 6.07) is 17.3. The zero-order valence-corrected chi connectivity index (χ0v) is 23.2. The number of amides is 2. The van der Waals surface area contributed by atoms with E-state index in [1.165, 1.54) is 6.42 Å². The highest BCUT2D eigenvalue weighted by Gasteiger charge is 2.39. The molecule has 1 aliphatic carbocycles. The van der Waals surface area contributed by atoms with Crippen LogP contribution in [0, 0.1) is 11.8 Å². The van der Waals surface area contributed by atoms with Gasteiger partial charge < -0.3 is 21.9 Å². The Morgan fingerprint density at radius 3 is 2.37 bits per heavy atom. The van der Waals surface area contributed by atoms with Crippen LogP contribution in [0.25, 0.3) is 10.9 Å². The molecule has 0 radical (unpaired) electrons. The SMILES string of the molecule is NC(=O)C[C@H](NC(=O)c1ccc2ccccc2n1)C(=O)C(C(N)c1ccccc1)[C@@H](O)CN(N)CC1CCCCC1. The van der Waals surface area contributed by atoms with Gasteiger partial charge in [0, 0.05) is 24.5 Å². The van der Waals surface area contributed by atoms with E-state index in [0.29, 0.717) is 23.5 Å². The Labute approximate surface area is 240 Å². The van der Waals surface area contributed by atoms with Gasteiger partial charge in [-0.15, -0.1) is 0 Å². The van der Waals surface area contributed by atoms with Gasteiger partial charge in [0.15, 0.2) is 5.78 Å². The van der Waals surface area contributed by atoms with Crippen LogP contribution in [0.1, 0.15) is 60.6 Å². The maximum absolute atomic E-state index is 14.0. The molecule has 2 unspecified atom stereocenters. The van der Waals surface area contributed by atoms with Gasteiger partial charge in [0.2, 0.25) is 5.91 Å². The largest absolute Gasteiger partial charge is 0.391 e. The second-order valence-electron chi connectivity index (χ2n) is 11.0. The number of para-hydroxylation sites is 1. The topological polar surface area (TPSA) is 178 Å². The number of pyridine rings is 1. The number of aliphatic hydroxyl groups is 1. The number of aromatic nitrogens is 1. The molecule has 41 heavy (non-hydrogen) atoms. The summed E-state index contributed by atoms with van der Waals surface area (Å²) in [7, 11) is 0. The molecule has 10 heteroatoms. The lowest BCUT2D eigenvalue weighted by Gasteiger charge is -2.34. The number of fused-ring (bicyclic) bond motifs is 1. The van der Waals surface area contributed by atoms with E-state index in [4.69, 9.17) is 17.3 Å². The number of rotatable bonds is 13. The molecule has 10 nitrogen and oxygen atoms in total. The lowest BCUT2D eigenvalue weighted by atomic mass is 9.82. The number of hydrazine groups is 1. The van der Waals surface area contributed by atoms with E-state index in [0.717, 1.165) is 31.1 Å². The zero-order valence-electron chi connectivity index (χ0n) is 23.2. The van der Waals surface area contributed by atoms with Gasteiger partial charge in [0.05, 0.1) is 30.0 Å². The van der Waals surface area contributed by atoms with Crippen LogP contribution in [0.5, 0.6) is 0 Å². The van der Waals surface area contributed by atoms with E-state index in [9.17, 15) is 19.5 Å². The summed E-state index contributed by atoms with van der Waals surface area (Å²) in [6.45, 7) is 0.588. The van der Waals surface area contributed by atoms with Gasteiger partial charge in [-0.05, 0) is 36.5 Å².